The first-order valence-electron chi connectivity index (χ1n) is 7.27. The van der Waals surface area contributed by atoms with Crippen LogP contribution in [-0.2, 0) is 9.53 Å². The summed E-state index contributed by atoms with van der Waals surface area (Å²) < 4.78 is 3.56. The zero-order chi connectivity index (χ0) is 17.4. The number of halogens is 3. The number of methoxy groups -OCH3 is 1. The number of esters is 1. The van der Waals surface area contributed by atoms with E-state index in [2.05, 4.69) is 0 Å². The van der Waals surface area contributed by atoms with Gasteiger partial charge in [0.1, 0.15) is 0 Å². The lowest BCUT2D eigenvalue weighted by Gasteiger charge is -2.46. The predicted molar refractivity (Wildman–Crippen MR) is 95.6 cm³/mol. The number of alkyl halides is 3. The van der Waals surface area contributed by atoms with Gasteiger partial charge in [-0.2, -0.15) is 0 Å². The van der Waals surface area contributed by atoms with Crippen molar-refractivity contribution in [2.75, 3.05) is 13.7 Å². The average Bonchev–Trinajstić information content (AvgIpc) is 2.45. The number of carbonyl (C=O) groups is 1. The molecule has 0 radical (unpaired) electrons. The molecule has 0 bridgehead atoms. The van der Waals surface area contributed by atoms with Crippen LogP contribution in [0.25, 0.3) is 6.08 Å². The minimum atomic E-state index is -1.45. The minimum absolute atomic E-state index is 0.180. The van der Waals surface area contributed by atoms with Crippen molar-refractivity contribution >= 4 is 46.8 Å². The number of rotatable bonds is 3. The largest absolute Gasteiger partial charge is 0.469 e. The number of ether oxygens (including phenoxy) is 1. The van der Waals surface area contributed by atoms with Crippen molar-refractivity contribution in [1.29, 1.82) is 0 Å². The highest BCUT2D eigenvalue weighted by molar-refractivity contribution is 6.67. The number of hydrogen-bond acceptors (Lipinski definition) is 3. The second-order valence-electron chi connectivity index (χ2n) is 6.27. The van der Waals surface area contributed by atoms with Gasteiger partial charge < -0.3 is 9.64 Å². The van der Waals surface area contributed by atoms with Crippen LogP contribution in [0.4, 0.5) is 0 Å². The van der Waals surface area contributed by atoms with Crippen LogP contribution < -0.4 is 0 Å². The SMILES string of the molecule is COC(=O)C(C)(C)C1c2ccccc2C=C(C)N1CC(Cl)(Cl)Cl. The number of hydrogen-bond donors (Lipinski definition) is 0. The molecular formula is C17H20Cl3NO2. The molecule has 1 aromatic carbocycles. The van der Waals surface area contributed by atoms with E-state index in [9.17, 15) is 4.79 Å². The molecule has 0 fully saturated rings. The van der Waals surface area contributed by atoms with E-state index in [4.69, 9.17) is 39.5 Å². The molecule has 1 aliphatic heterocycles. The van der Waals surface area contributed by atoms with E-state index >= 15 is 0 Å². The van der Waals surface area contributed by atoms with Crippen LogP contribution in [0.5, 0.6) is 0 Å². The maximum absolute atomic E-state index is 12.4. The summed E-state index contributed by atoms with van der Waals surface area (Å²) in [5.74, 6) is -0.304. The first-order chi connectivity index (χ1) is 10.6. The average molecular weight is 377 g/mol. The number of nitrogens with zero attached hydrogens (tertiary/aromatic N) is 1. The Bertz CT molecular complexity index is 635. The molecule has 1 unspecified atom stereocenters. The summed E-state index contributed by atoms with van der Waals surface area (Å²) in [4.78, 5) is 14.4. The molecule has 0 saturated heterocycles. The van der Waals surface area contributed by atoms with Gasteiger partial charge in [0.25, 0.3) is 0 Å². The lowest BCUT2D eigenvalue weighted by molar-refractivity contribution is -0.154. The summed E-state index contributed by atoms with van der Waals surface area (Å²) in [6.45, 7) is 5.83. The Morgan fingerprint density at radius 3 is 2.43 bits per heavy atom. The number of carbonyl (C=O) groups excluding carboxylic acids is 1. The molecule has 0 N–H and O–H groups in total. The molecule has 6 heteroatoms. The van der Waals surface area contributed by atoms with Gasteiger partial charge in [-0.05, 0) is 38.0 Å². The van der Waals surface area contributed by atoms with Gasteiger partial charge in [-0.25, -0.2) is 0 Å². The fourth-order valence-corrected chi connectivity index (χ4v) is 3.52. The first-order valence-corrected chi connectivity index (χ1v) is 8.40. The Morgan fingerprint density at radius 2 is 1.87 bits per heavy atom. The molecule has 126 valence electrons. The van der Waals surface area contributed by atoms with Gasteiger partial charge in [-0.3, -0.25) is 4.79 Å². The zero-order valence-electron chi connectivity index (χ0n) is 13.6. The van der Waals surface area contributed by atoms with Crippen molar-refractivity contribution in [2.45, 2.75) is 30.6 Å². The molecule has 3 nitrogen and oxygen atoms in total. The van der Waals surface area contributed by atoms with Crippen LogP contribution in [0.1, 0.15) is 37.9 Å². The third-order valence-corrected chi connectivity index (χ3v) is 4.52. The van der Waals surface area contributed by atoms with Crippen molar-refractivity contribution in [2.24, 2.45) is 5.41 Å². The zero-order valence-corrected chi connectivity index (χ0v) is 15.8. The van der Waals surface area contributed by atoms with Crippen LogP contribution in [0.2, 0.25) is 0 Å². The lowest BCUT2D eigenvalue weighted by atomic mass is 9.76. The monoisotopic (exact) mass is 375 g/mol. The molecular weight excluding hydrogens is 357 g/mol. The fourth-order valence-electron chi connectivity index (χ4n) is 3.13. The second kappa shape index (κ2) is 6.54. The summed E-state index contributed by atoms with van der Waals surface area (Å²) in [6, 6.07) is 7.65. The van der Waals surface area contributed by atoms with Crippen LogP contribution in [0.3, 0.4) is 0 Å². The highest BCUT2D eigenvalue weighted by Gasteiger charge is 2.46. The maximum atomic E-state index is 12.4. The van der Waals surface area contributed by atoms with Gasteiger partial charge in [0.2, 0.25) is 3.79 Å². The van der Waals surface area contributed by atoms with Gasteiger partial charge in [0.05, 0.1) is 25.1 Å². The topological polar surface area (TPSA) is 29.5 Å². The highest BCUT2D eigenvalue weighted by atomic mass is 35.6. The molecule has 1 aromatic rings. The quantitative estimate of drug-likeness (QED) is 0.551. The van der Waals surface area contributed by atoms with Gasteiger partial charge >= 0.3 is 5.97 Å². The van der Waals surface area contributed by atoms with Crippen molar-refractivity contribution in [1.82, 2.24) is 4.90 Å². The first kappa shape index (κ1) is 18.4. The third kappa shape index (κ3) is 3.78. The van der Waals surface area contributed by atoms with E-state index in [1.807, 2.05) is 56.0 Å². The summed E-state index contributed by atoms with van der Waals surface area (Å²) in [6.07, 6.45) is 2.04. The van der Waals surface area contributed by atoms with Crippen molar-refractivity contribution < 1.29 is 9.53 Å². The van der Waals surface area contributed by atoms with Crippen LogP contribution in [-0.4, -0.2) is 28.3 Å². The predicted octanol–water partition coefficient (Wildman–Crippen LogP) is 4.97. The summed E-state index contributed by atoms with van der Waals surface area (Å²) in [7, 11) is 1.39. The van der Waals surface area contributed by atoms with E-state index in [0.717, 1.165) is 16.8 Å². The van der Waals surface area contributed by atoms with Gasteiger partial charge in [0, 0.05) is 5.70 Å². The van der Waals surface area contributed by atoms with Gasteiger partial charge in [0.15, 0.2) is 0 Å². The second-order valence-corrected chi connectivity index (χ2v) is 8.79. The van der Waals surface area contributed by atoms with E-state index in [1.54, 1.807) is 0 Å². The molecule has 1 atom stereocenters. The third-order valence-electron chi connectivity index (χ3n) is 4.16. The minimum Gasteiger partial charge on any atom is -0.469 e. The Morgan fingerprint density at radius 1 is 1.26 bits per heavy atom. The van der Waals surface area contributed by atoms with E-state index < -0.39 is 9.21 Å². The van der Waals surface area contributed by atoms with Crippen LogP contribution in [0.15, 0.2) is 30.0 Å². The van der Waals surface area contributed by atoms with E-state index in [1.165, 1.54) is 7.11 Å². The molecule has 1 aliphatic rings. The molecule has 23 heavy (non-hydrogen) atoms. The highest BCUT2D eigenvalue weighted by Crippen LogP contribution is 2.47. The van der Waals surface area contributed by atoms with Crippen molar-refractivity contribution in [3.63, 3.8) is 0 Å². The van der Waals surface area contributed by atoms with Gasteiger partial charge in [-0.15, -0.1) is 0 Å². The Balaban J connectivity index is 2.59. The molecule has 0 saturated carbocycles. The van der Waals surface area contributed by atoms with Crippen molar-refractivity contribution in [3.8, 4) is 0 Å². The van der Waals surface area contributed by atoms with E-state index in [0.29, 0.717) is 0 Å². The molecule has 0 amide bonds. The molecule has 0 spiro atoms. The molecule has 0 aliphatic carbocycles. The van der Waals surface area contributed by atoms with E-state index in [-0.39, 0.29) is 18.6 Å². The summed E-state index contributed by atoms with van der Waals surface area (Å²) in [5, 5.41) is 0. The Kier molecular flexibility index (Phi) is 5.24. The number of benzene rings is 1. The van der Waals surface area contributed by atoms with Crippen LogP contribution in [0, 0.1) is 5.41 Å². The standard InChI is InChI=1S/C17H20Cl3NO2/c1-11-9-12-7-5-6-8-13(12)14(16(2,3)15(22)23-4)21(11)10-17(18,19)20/h5-9,14H,10H2,1-4H3. The Hall–Kier alpha value is -0.900. The molecule has 0 aromatic heterocycles. The number of fused-ring (bicyclic) bond motifs is 1. The van der Waals surface area contributed by atoms with Gasteiger partial charge in [-0.1, -0.05) is 59.1 Å². The van der Waals surface area contributed by atoms with Crippen LogP contribution >= 0.6 is 34.8 Å². The summed E-state index contributed by atoms with van der Waals surface area (Å²) >= 11 is 18.1. The normalized spacial score (nSPS) is 18.3. The maximum Gasteiger partial charge on any atom is 0.313 e. The molecule has 2 rings (SSSR count). The Labute approximate surface area is 152 Å². The fraction of sp³-hybridized carbons (Fsp3) is 0.471. The smallest absolute Gasteiger partial charge is 0.313 e. The summed E-state index contributed by atoms with van der Waals surface area (Å²) in [5.41, 5.74) is 2.21. The number of allylic oxidation sites excluding steroid dienone is 1. The lowest BCUT2D eigenvalue weighted by Crippen LogP contribution is -2.46. The van der Waals surface area contributed by atoms with Crippen molar-refractivity contribution in [3.05, 3.63) is 41.1 Å². The molecule has 1 heterocycles.